The number of aryl methyl sites for hydroxylation is 1. The highest BCUT2D eigenvalue weighted by atomic mass is 15.1. The smallest absolute Gasteiger partial charge is 0.133 e. The van der Waals surface area contributed by atoms with Gasteiger partial charge in [0, 0.05) is 23.7 Å². The van der Waals surface area contributed by atoms with Crippen LogP contribution in [0.3, 0.4) is 0 Å². The van der Waals surface area contributed by atoms with Crippen LogP contribution in [0.25, 0.3) is 0 Å². The average Bonchev–Trinajstić information content (AvgIpc) is 2.63. The standard InChI is InChI=1S/C14H23N3/c1-9(2)14-15-11(4)8-13(17-14)16-12-7-5-6-10(12)3/h8-10,12H,5-7H2,1-4H3,(H,15,16,17). The first-order chi connectivity index (χ1) is 8.06. The van der Waals surface area contributed by atoms with Crippen molar-refractivity contribution in [2.75, 3.05) is 5.32 Å². The molecule has 0 radical (unpaired) electrons. The molecule has 1 heterocycles. The average molecular weight is 233 g/mol. The van der Waals surface area contributed by atoms with Gasteiger partial charge in [-0.2, -0.15) is 0 Å². The molecule has 1 fully saturated rings. The van der Waals surface area contributed by atoms with Crippen molar-refractivity contribution in [3.63, 3.8) is 0 Å². The summed E-state index contributed by atoms with van der Waals surface area (Å²) < 4.78 is 0. The van der Waals surface area contributed by atoms with Crippen molar-refractivity contribution in [1.82, 2.24) is 9.97 Å². The van der Waals surface area contributed by atoms with E-state index in [1.807, 2.05) is 6.92 Å². The molecular weight excluding hydrogens is 210 g/mol. The van der Waals surface area contributed by atoms with Crippen molar-refractivity contribution >= 4 is 5.82 Å². The molecule has 1 aliphatic rings. The van der Waals surface area contributed by atoms with Crippen molar-refractivity contribution in [3.8, 4) is 0 Å². The number of nitrogens with zero attached hydrogens (tertiary/aromatic N) is 2. The number of nitrogens with one attached hydrogen (secondary N) is 1. The largest absolute Gasteiger partial charge is 0.367 e. The molecule has 1 aliphatic carbocycles. The van der Waals surface area contributed by atoms with Gasteiger partial charge in [-0.15, -0.1) is 0 Å². The molecule has 0 saturated heterocycles. The highest BCUT2D eigenvalue weighted by Gasteiger charge is 2.23. The minimum Gasteiger partial charge on any atom is -0.367 e. The first-order valence-electron chi connectivity index (χ1n) is 6.68. The summed E-state index contributed by atoms with van der Waals surface area (Å²) in [5.41, 5.74) is 1.05. The molecule has 94 valence electrons. The van der Waals surface area contributed by atoms with Gasteiger partial charge in [-0.3, -0.25) is 0 Å². The molecule has 2 rings (SSSR count). The molecule has 1 N–H and O–H groups in total. The second-order valence-electron chi connectivity index (χ2n) is 5.57. The van der Waals surface area contributed by atoms with E-state index < -0.39 is 0 Å². The van der Waals surface area contributed by atoms with E-state index in [9.17, 15) is 0 Å². The Morgan fingerprint density at radius 2 is 2.06 bits per heavy atom. The topological polar surface area (TPSA) is 37.8 Å². The molecule has 1 aromatic rings. The van der Waals surface area contributed by atoms with Crippen molar-refractivity contribution in [1.29, 1.82) is 0 Å². The fraction of sp³-hybridized carbons (Fsp3) is 0.714. The third kappa shape index (κ3) is 2.96. The molecule has 3 heteroatoms. The predicted octanol–water partition coefficient (Wildman–Crippen LogP) is 3.51. The molecule has 2 atom stereocenters. The van der Waals surface area contributed by atoms with Crippen LogP contribution < -0.4 is 5.32 Å². The summed E-state index contributed by atoms with van der Waals surface area (Å²) >= 11 is 0. The van der Waals surface area contributed by atoms with Crippen LogP contribution in [0.4, 0.5) is 5.82 Å². The normalized spacial score (nSPS) is 24.3. The molecule has 0 bridgehead atoms. The summed E-state index contributed by atoms with van der Waals surface area (Å²) in [7, 11) is 0. The van der Waals surface area contributed by atoms with Gasteiger partial charge in [0.2, 0.25) is 0 Å². The zero-order chi connectivity index (χ0) is 12.4. The van der Waals surface area contributed by atoms with Crippen molar-refractivity contribution in [2.45, 2.75) is 58.9 Å². The minimum absolute atomic E-state index is 0.386. The van der Waals surface area contributed by atoms with Crippen LogP contribution in [0, 0.1) is 12.8 Å². The summed E-state index contributed by atoms with van der Waals surface area (Å²) in [6.07, 6.45) is 3.93. The second-order valence-corrected chi connectivity index (χ2v) is 5.57. The van der Waals surface area contributed by atoms with Crippen molar-refractivity contribution in [3.05, 3.63) is 17.6 Å². The fourth-order valence-electron chi connectivity index (χ4n) is 2.47. The maximum absolute atomic E-state index is 4.61. The fourth-order valence-corrected chi connectivity index (χ4v) is 2.47. The van der Waals surface area contributed by atoms with Gasteiger partial charge in [-0.25, -0.2) is 9.97 Å². The Morgan fingerprint density at radius 3 is 2.65 bits per heavy atom. The maximum atomic E-state index is 4.61. The minimum atomic E-state index is 0.386. The van der Waals surface area contributed by atoms with E-state index in [-0.39, 0.29) is 0 Å². The Labute approximate surface area is 104 Å². The van der Waals surface area contributed by atoms with Gasteiger partial charge in [0.25, 0.3) is 0 Å². The molecule has 2 unspecified atom stereocenters. The van der Waals surface area contributed by atoms with Gasteiger partial charge in [-0.05, 0) is 25.7 Å². The molecule has 17 heavy (non-hydrogen) atoms. The van der Waals surface area contributed by atoms with Crippen LogP contribution in [-0.4, -0.2) is 16.0 Å². The Hall–Kier alpha value is -1.12. The van der Waals surface area contributed by atoms with E-state index in [0.717, 1.165) is 23.3 Å². The highest BCUT2D eigenvalue weighted by Crippen LogP contribution is 2.27. The predicted molar refractivity (Wildman–Crippen MR) is 71.3 cm³/mol. The number of hydrogen-bond donors (Lipinski definition) is 1. The zero-order valence-electron chi connectivity index (χ0n) is 11.3. The van der Waals surface area contributed by atoms with E-state index in [4.69, 9.17) is 0 Å². The molecular formula is C14H23N3. The molecule has 1 aromatic heterocycles. The Morgan fingerprint density at radius 1 is 1.29 bits per heavy atom. The lowest BCUT2D eigenvalue weighted by Gasteiger charge is -2.19. The monoisotopic (exact) mass is 233 g/mol. The first-order valence-corrected chi connectivity index (χ1v) is 6.68. The van der Waals surface area contributed by atoms with Crippen LogP contribution >= 0.6 is 0 Å². The number of rotatable bonds is 3. The van der Waals surface area contributed by atoms with E-state index in [1.54, 1.807) is 0 Å². The van der Waals surface area contributed by atoms with Crippen LogP contribution in [0.15, 0.2) is 6.07 Å². The lowest BCUT2D eigenvalue weighted by molar-refractivity contribution is 0.554. The number of anilines is 1. The first kappa shape index (κ1) is 12.3. The quantitative estimate of drug-likeness (QED) is 0.868. The highest BCUT2D eigenvalue weighted by molar-refractivity contribution is 5.37. The summed E-state index contributed by atoms with van der Waals surface area (Å²) in [5, 5.41) is 3.58. The third-order valence-corrected chi connectivity index (χ3v) is 3.58. The number of hydrogen-bond acceptors (Lipinski definition) is 3. The van der Waals surface area contributed by atoms with E-state index >= 15 is 0 Å². The van der Waals surface area contributed by atoms with Gasteiger partial charge < -0.3 is 5.32 Å². The van der Waals surface area contributed by atoms with Crippen LogP contribution in [-0.2, 0) is 0 Å². The van der Waals surface area contributed by atoms with Crippen LogP contribution in [0.5, 0.6) is 0 Å². The van der Waals surface area contributed by atoms with Gasteiger partial charge in [0.15, 0.2) is 0 Å². The van der Waals surface area contributed by atoms with Gasteiger partial charge in [-0.1, -0.05) is 27.2 Å². The summed E-state index contributed by atoms with van der Waals surface area (Å²) in [5.74, 6) is 3.09. The van der Waals surface area contributed by atoms with E-state index in [0.29, 0.717) is 12.0 Å². The molecule has 0 amide bonds. The third-order valence-electron chi connectivity index (χ3n) is 3.58. The lowest BCUT2D eigenvalue weighted by Crippen LogP contribution is -2.23. The Kier molecular flexibility index (Phi) is 3.65. The Balaban J connectivity index is 2.15. The molecule has 1 saturated carbocycles. The number of aromatic nitrogens is 2. The van der Waals surface area contributed by atoms with Crippen LogP contribution in [0.2, 0.25) is 0 Å². The van der Waals surface area contributed by atoms with E-state index in [1.165, 1.54) is 19.3 Å². The summed E-state index contributed by atoms with van der Waals surface area (Å²) in [4.78, 5) is 9.08. The van der Waals surface area contributed by atoms with E-state index in [2.05, 4.69) is 42.1 Å². The summed E-state index contributed by atoms with van der Waals surface area (Å²) in [6, 6.07) is 2.64. The second kappa shape index (κ2) is 5.03. The van der Waals surface area contributed by atoms with Crippen molar-refractivity contribution in [2.24, 2.45) is 5.92 Å². The van der Waals surface area contributed by atoms with Gasteiger partial charge in [0.05, 0.1) is 0 Å². The molecule has 3 nitrogen and oxygen atoms in total. The molecule has 0 spiro atoms. The molecule has 0 aliphatic heterocycles. The van der Waals surface area contributed by atoms with Gasteiger partial charge >= 0.3 is 0 Å². The SMILES string of the molecule is Cc1cc(NC2CCCC2C)nc(C(C)C)n1. The summed E-state index contributed by atoms with van der Waals surface area (Å²) in [6.45, 7) is 8.63. The maximum Gasteiger partial charge on any atom is 0.133 e. The molecule has 0 aromatic carbocycles. The van der Waals surface area contributed by atoms with Crippen LogP contribution in [0.1, 0.15) is 57.5 Å². The van der Waals surface area contributed by atoms with Crippen molar-refractivity contribution < 1.29 is 0 Å². The van der Waals surface area contributed by atoms with Gasteiger partial charge in [0.1, 0.15) is 11.6 Å². The Bertz CT molecular complexity index is 387. The lowest BCUT2D eigenvalue weighted by atomic mass is 10.1. The zero-order valence-corrected chi connectivity index (χ0v) is 11.3.